The first-order valence-corrected chi connectivity index (χ1v) is 6.43. The van der Waals surface area contributed by atoms with Gasteiger partial charge in [0, 0.05) is 12.6 Å². The molecule has 0 aromatic heterocycles. The molecular weight excluding hydrogens is 231 g/mol. The maximum absolute atomic E-state index is 13.4. The zero-order valence-corrected chi connectivity index (χ0v) is 9.88. The highest BCUT2D eigenvalue weighted by Gasteiger charge is 2.32. The number of nitrogens with one attached hydrogen (secondary N) is 1. The van der Waals surface area contributed by atoms with Crippen LogP contribution in [0.25, 0.3) is 0 Å². The van der Waals surface area contributed by atoms with Crippen molar-refractivity contribution in [3.8, 4) is 0 Å². The molecule has 0 saturated heterocycles. The van der Waals surface area contributed by atoms with Crippen LogP contribution in [0.1, 0.15) is 19.4 Å². The Kier molecular flexibility index (Phi) is 2.63. The summed E-state index contributed by atoms with van der Waals surface area (Å²) < 4.78 is 40.5. The number of hydrogen-bond donors (Lipinski definition) is 1. The summed E-state index contributed by atoms with van der Waals surface area (Å²) >= 11 is 0. The molecule has 6 heteroatoms. The molecule has 1 aliphatic rings. The van der Waals surface area contributed by atoms with Gasteiger partial charge < -0.3 is 0 Å². The lowest BCUT2D eigenvalue weighted by Crippen LogP contribution is -2.43. The lowest BCUT2D eigenvalue weighted by molar-refractivity contribution is 0.346. The van der Waals surface area contributed by atoms with Crippen molar-refractivity contribution >= 4 is 15.9 Å². The van der Waals surface area contributed by atoms with Crippen molar-refractivity contribution in [2.75, 3.05) is 4.72 Å². The third kappa shape index (κ3) is 1.78. The Morgan fingerprint density at radius 2 is 2.12 bits per heavy atom. The van der Waals surface area contributed by atoms with Gasteiger partial charge in [0.15, 0.2) is 0 Å². The van der Waals surface area contributed by atoms with E-state index in [0.717, 1.165) is 0 Å². The highest BCUT2D eigenvalue weighted by atomic mass is 32.2. The Hall–Kier alpha value is -1.14. The normalized spacial score (nSPS) is 19.2. The second-order valence-corrected chi connectivity index (χ2v) is 5.64. The molecule has 0 fully saturated rings. The summed E-state index contributed by atoms with van der Waals surface area (Å²) in [5.41, 5.74) is 0.725. The molecule has 1 heterocycles. The maximum atomic E-state index is 13.4. The number of rotatable bonds is 1. The Bertz CT molecular complexity index is 514. The van der Waals surface area contributed by atoms with Crippen LogP contribution in [0.2, 0.25) is 0 Å². The monoisotopic (exact) mass is 244 g/mol. The van der Waals surface area contributed by atoms with E-state index in [0.29, 0.717) is 5.56 Å². The molecule has 0 saturated carbocycles. The minimum absolute atomic E-state index is 0.0689. The van der Waals surface area contributed by atoms with Gasteiger partial charge in [0.05, 0.1) is 5.69 Å². The van der Waals surface area contributed by atoms with E-state index in [2.05, 4.69) is 4.72 Å². The highest BCUT2D eigenvalue weighted by molar-refractivity contribution is 7.90. The highest BCUT2D eigenvalue weighted by Crippen LogP contribution is 2.29. The van der Waals surface area contributed by atoms with Gasteiger partial charge in [-0.2, -0.15) is 12.7 Å². The summed E-state index contributed by atoms with van der Waals surface area (Å²) in [6.07, 6.45) is 0. The molecule has 2 rings (SSSR count). The summed E-state index contributed by atoms with van der Waals surface area (Å²) in [6, 6.07) is 4.38. The second kappa shape index (κ2) is 3.71. The van der Waals surface area contributed by atoms with Crippen LogP contribution in [0.3, 0.4) is 0 Å². The minimum Gasteiger partial charge on any atom is -0.268 e. The summed E-state index contributed by atoms with van der Waals surface area (Å²) in [5.74, 6) is -0.538. The van der Waals surface area contributed by atoms with Crippen LogP contribution in [0, 0.1) is 5.82 Å². The number of nitrogens with zero attached hydrogens (tertiary/aromatic N) is 1. The molecule has 0 amide bonds. The number of benzene rings is 1. The van der Waals surface area contributed by atoms with Gasteiger partial charge in [-0.1, -0.05) is 12.1 Å². The molecule has 4 nitrogen and oxygen atoms in total. The SMILES string of the molecule is CC(C)N1Cc2cccc(F)c2NS1(=O)=O. The molecule has 0 bridgehead atoms. The summed E-state index contributed by atoms with van der Waals surface area (Å²) in [5, 5.41) is 0. The summed E-state index contributed by atoms with van der Waals surface area (Å²) in [7, 11) is -3.62. The standard InChI is InChI=1S/C10H13FN2O2S/c1-7(2)13-6-8-4-3-5-9(11)10(8)12-16(13,14)15/h3-5,7,12H,6H2,1-2H3. The van der Waals surface area contributed by atoms with E-state index < -0.39 is 16.0 Å². The number of fused-ring (bicyclic) bond motifs is 1. The fraction of sp³-hybridized carbons (Fsp3) is 0.400. The first kappa shape index (κ1) is 11.3. The van der Waals surface area contributed by atoms with Crippen LogP contribution in [0.4, 0.5) is 10.1 Å². The van der Waals surface area contributed by atoms with E-state index in [1.54, 1.807) is 26.0 Å². The minimum atomic E-state index is -3.62. The van der Waals surface area contributed by atoms with Gasteiger partial charge in [-0.25, -0.2) is 4.39 Å². The van der Waals surface area contributed by atoms with Crippen molar-refractivity contribution in [1.82, 2.24) is 4.31 Å². The largest absolute Gasteiger partial charge is 0.302 e. The molecule has 1 aliphatic heterocycles. The Labute approximate surface area is 94.3 Å². The lowest BCUT2D eigenvalue weighted by Gasteiger charge is -2.31. The number of halogens is 1. The molecule has 0 spiro atoms. The van der Waals surface area contributed by atoms with Gasteiger partial charge >= 0.3 is 10.2 Å². The smallest absolute Gasteiger partial charge is 0.268 e. The molecule has 0 atom stereocenters. The first-order valence-electron chi connectivity index (χ1n) is 4.99. The number of hydrogen-bond acceptors (Lipinski definition) is 2. The van der Waals surface area contributed by atoms with E-state index in [9.17, 15) is 12.8 Å². The average Bonchev–Trinajstić information content (AvgIpc) is 2.17. The molecule has 1 aromatic rings. The van der Waals surface area contributed by atoms with Crippen LogP contribution in [-0.2, 0) is 16.8 Å². The average molecular weight is 244 g/mol. The Morgan fingerprint density at radius 1 is 1.44 bits per heavy atom. The van der Waals surface area contributed by atoms with Gasteiger partial charge in [0.1, 0.15) is 5.82 Å². The summed E-state index contributed by atoms with van der Waals surface area (Å²) in [6.45, 7) is 3.77. The molecular formula is C10H13FN2O2S. The van der Waals surface area contributed by atoms with Crippen LogP contribution in [0.5, 0.6) is 0 Å². The molecule has 0 unspecified atom stereocenters. The van der Waals surface area contributed by atoms with Gasteiger partial charge in [0.25, 0.3) is 0 Å². The fourth-order valence-corrected chi connectivity index (χ4v) is 3.18. The van der Waals surface area contributed by atoms with Crippen molar-refractivity contribution < 1.29 is 12.8 Å². The predicted octanol–water partition coefficient (Wildman–Crippen LogP) is 1.71. The fourth-order valence-electron chi connectivity index (χ4n) is 1.72. The van der Waals surface area contributed by atoms with Crippen LogP contribution >= 0.6 is 0 Å². The molecule has 0 radical (unpaired) electrons. The topological polar surface area (TPSA) is 49.4 Å². The van der Waals surface area contributed by atoms with Crippen molar-refractivity contribution in [2.45, 2.75) is 26.4 Å². The van der Waals surface area contributed by atoms with Crippen LogP contribution in [-0.4, -0.2) is 18.8 Å². The van der Waals surface area contributed by atoms with Crippen molar-refractivity contribution in [2.24, 2.45) is 0 Å². The van der Waals surface area contributed by atoms with Crippen molar-refractivity contribution in [1.29, 1.82) is 0 Å². The third-order valence-corrected chi connectivity index (χ3v) is 4.17. The van der Waals surface area contributed by atoms with E-state index in [4.69, 9.17) is 0 Å². The van der Waals surface area contributed by atoms with Crippen LogP contribution in [0.15, 0.2) is 18.2 Å². The number of para-hydroxylation sites is 1. The van der Waals surface area contributed by atoms with Crippen LogP contribution < -0.4 is 4.72 Å². The molecule has 16 heavy (non-hydrogen) atoms. The van der Waals surface area contributed by atoms with E-state index in [-0.39, 0.29) is 18.3 Å². The van der Waals surface area contributed by atoms with Crippen molar-refractivity contribution in [3.63, 3.8) is 0 Å². The third-order valence-electron chi connectivity index (χ3n) is 2.54. The molecule has 1 N–H and O–H groups in total. The Balaban J connectivity index is 2.51. The van der Waals surface area contributed by atoms with Gasteiger partial charge in [-0.15, -0.1) is 0 Å². The lowest BCUT2D eigenvalue weighted by atomic mass is 10.1. The number of anilines is 1. The zero-order chi connectivity index (χ0) is 11.9. The Morgan fingerprint density at radius 3 is 2.75 bits per heavy atom. The maximum Gasteiger partial charge on any atom is 0.302 e. The van der Waals surface area contributed by atoms with E-state index in [1.807, 2.05) is 0 Å². The molecule has 0 aliphatic carbocycles. The molecule has 88 valence electrons. The second-order valence-electron chi connectivity index (χ2n) is 4.02. The first-order chi connectivity index (χ1) is 7.42. The van der Waals surface area contributed by atoms with E-state index in [1.165, 1.54) is 10.4 Å². The van der Waals surface area contributed by atoms with E-state index >= 15 is 0 Å². The van der Waals surface area contributed by atoms with Gasteiger partial charge in [-0.3, -0.25) is 4.72 Å². The summed E-state index contributed by atoms with van der Waals surface area (Å²) in [4.78, 5) is 0. The predicted molar refractivity (Wildman–Crippen MR) is 59.6 cm³/mol. The molecule has 1 aromatic carbocycles. The van der Waals surface area contributed by atoms with Gasteiger partial charge in [-0.05, 0) is 25.5 Å². The van der Waals surface area contributed by atoms with Crippen molar-refractivity contribution in [3.05, 3.63) is 29.6 Å². The van der Waals surface area contributed by atoms with Gasteiger partial charge in [0.2, 0.25) is 0 Å². The quantitative estimate of drug-likeness (QED) is 0.817. The zero-order valence-electron chi connectivity index (χ0n) is 9.07.